The third-order valence-corrected chi connectivity index (χ3v) is 4.01. The number of ether oxygens (including phenoxy) is 1. The fourth-order valence-corrected chi connectivity index (χ4v) is 2.57. The highest BCUT2D eigenvalue weighted by molar-refractivity contribution is 9.10. The van der Waals surface area contributed by atoms with E-state index in [1.54, 1.807) is 0 Å². The average Bonchev–Trinajstić information content (AvgIpc) is 2.59. The quantitative estimate of drug-likeness (QED) is 0.712. The molecule has 0 unspecified atom stereocenters. The molecule has 5 nitrogen and oxygen atoms in total. The van der Waals surface area contributed by atoms with Gasteiger partial charge in [0.1, 0.15) is 17.8 Å². The average molecular weight is 385 g/mol. The van der Waals surface area contributed by atoms with Crippen LogP contribution in [0, 0.1) is 0 Å². The summed E-state index contributed by atoms with van der Waals surface area (Å²) in [6.07, 6.45) is 1.46. The molecule has 1 heterocycles. The molecule has 0 aliphatic heterocycles. The summed E-state index contributed by atoms with van der Waals surface area (Å²) in [5, 5.41) is 0. The Hall–Kier alpha value is -2.60. The SMILES string of the molecule is CN(Cc1ccccc1)c1ncnc(Oc2ccc(Br)cc2)c1N. The van der Waals surface area contributed by atoms with Crippen LogP contribution < -0.4 is 15.4 Å². The zero-order valence-corrected chi connectivity index (χ0v) is 14.8. The molecule has 0 bridgehead atoms. The number of aromatic nitrogens is 2. The first-order chi connectivity index (χ1) is 11.6. The van der Waals surface area contributed by atoms with Gasteiger partial charge in [-0.25, -0.2) is 4.98 Å². The lowest BCUT2D eigenvalue weighted by Crippen LogP contribution is -2.19. The van der Waals surface area contributed by atoms with Gasteiger partial charge in [0.05, 0.1) is 0 Å². The zero-order chi connectivity index (χ0) is 16.9. The summed E-state index contributed by atoms with van der Waals surface area (Å²) in [5.74, 6) is 1.66. The van der Waals surface area contributed by atoms with Crippen molar-refractivity contribution in [3.8, 4) is 11.6 Å². The van der Waals surface area contributed by atoms with Gasteiger partial charge < -0.3 is 15.4 Å². The van der Waals surface area contributed by atoms with E-state index in [0.717, 1.165) is 4.47 Å². The van der Waals surface area contributed by atoms with Crippen LogP contribution in [-0.2, 0) is 6.54 Å². The van der Waals surface area contributed by atoms with Crippen LogP contribution in [0.25, 0.3) is 0 Å². The molecule has 0 spiro atoms. The smallest absolute Gasteiger partial charge is 0.248 e. The second-order valence-electron chi connectivity index (χ2n) is 5.31. The van der Waals surface area contributed by atoms with Crippen LogP contribution in [0.3, 0.4) is 0 Å². The van der Waals surface area contributed by atoms with Gasteiger partial charge in [0.25, 0.3) is 0 Å². The first-order valence-electron chi connectivity index (χ1n) is 7.42. The molecule has 2 N–H and O–H groups in total. The van der Waals surface area contributed by atoms with Crippen molar-refractivity contribution in [3.63, 3.8) is 0 Å². The first-order valence-corrected chi connectivity index (χ1v) is 8.22. The molecule has 0 saturated heterocycles. The minimum atomic E-state index is 0.349. The molecule has 24 heavy (non-hydrogen) atoms. The highest BCUT2D eigenvalue weighted by Crippen LogP contribution is 2.31. The molecule has 0 saturated carbocycles. The summed E-state index contributed by atoms with van der Waals surface area (Å²) < 4.78 is 6.76. The molecule has 3 aromatic rings. The first kappa shape index (κ1) is 16.3. The minimum absolute atomic E-state index is 0.349. The van der Waals surface area contributed by atoms with E-state index in [2.05, 4.69) is 38.0 Å². The fourth-order valence-electron chi connectivity index (χ4n) is 2.30. The maximum absolute atomic E-state index is 6.21. The van der Waals surface area contributed by atoms with Gasteiger partial charge in [-0.2, -0.15) is 4.98 Å². The summed E-state index contributed by atoms with van der Waals surface area (Å²) in [4.78, 5) is 10.4. The maximum atomic E-state index is 6.21. The standard InChI is InChI=1S/C18H17BrN4O/c1-23(11-13-5-3-2-4-6-13)17-16(20)18(22-12-21-17)24-15-9-7-14(19)8-10-15/h2-10,12H,11,20H2,1H3. The monoisotopic (exact) mass is 384 g/mol. The van der Waals surface area contributed by atoms with Crippen molar-refractivity contribution in [2.45, 2.75) is 6.54 Å². The topological polar surface area (TPSA) is 64.3 Å². The lowest BCUT2D eigenvalue weighted by molar-refractivity contribution is 0.464. The number of anilines is 2. The van der Waals surface area contributed by atoms with E-state index in [0.29, 0.717) is 29.7 Å². The van der Waals surface area contributed by atoms with E-state index in [9.17, 15) is 0 Å². The molecule has 0 aliphatic carbocycles. The van der Waals surface area contributed by atoms with Gasteiger partial charge in [-0.15, -0.1) is 0 Å². The predicted molar refractivity (Wildman–Crippen MR) is 99.2 cm³/mol. The largest absolute Gasteiger partial charge is 0.437 e. The van der Waals surface area contributed by atoms with Crippen molar-refractivity contribution in [1.29, 1.82) is 0 Å². The van der Waals surface area contributed by atoms with Crippen molar-refractivity contribution in [2.24, 2.45) is 0 Å². The molecule has 6 heteroatoms. The molecular weight excluding hydrogens is 368 g/mol. The maximum Gasteiger partial charge on any atom is 0.248 e. The number of nitrogen functional groups attached to an aromatic ring is 1. The zero-order valence-electron chi connectivity index (χ0n) is 13.2. The minimum Gasteiger partial charge on any atom is -0.437 e. The van der Waals surface area contributed by atoms with Gasteiger partial charge in [0.2, 0.25) is 5.88 Å². The van der Waals surface area contributed by atoms with Crippen molar-refractivity contribution < 1.29 is 4.74 Å². The molecule has 0 atom stereocenters. The van der Waals surface area contributed by atoms with Crippen molar-refractivity contribution in [1.82, 2.24) is 9.97 Å². The van der Waals surface area contributed by atoms with E-state index in [-0.39, 0.29) is 0 Å². The Morgan fingerprint density at radius 1 is 1.04 bits per heavy atom. The summed E-state index contributed by atoms with van der Waals surface area (Å²) in [7, 11) is 1.94. The number of benzene rings is 2. The molecular formula is C18H17BrN4O. The van der Waals surface area contributed by atoms with Crippen LogP contribution >= 0.6 is 15.9 Å². The molecule has 0 radical (unpaired) electrons. The van der Waals surface area contributed by atoms with Crippen LogP contribution in [0.15, 0.2) is 65.4 Å². The van der Waals surface area contributed by atoms with Gasteiger partial charge in [0, 0.05) is 18.1 Å². The fraction of sp³-hybridized carbons (Fsp3) is 0.111. The third-order valence-electron chi connectivity index (χ3n) is 3.48. The number of hydrogen-bond donors (Lipinski definition) is 1. The Kier molecular flexibility index (Phi) is 4.96. The van der Waals surface area contributed by atoms with Crippen LogP contribution in [0.2, 0.25) is 0 Å². The Bertz CT molecular complexity index is 809. The van der Waals surface area contributed by atoms with Crippen LogP contribution in [-0.4, -0.2) is 17.0 Å². The van der Waals surface area contributed by atoms with Crippen LogP contribution in [0.1, 0.15) is 5.56 Å². The van der Waals surface area contributed by atoms with E-state index in [1.807, 2.05) is 54.4 Å². The van der Waals surface area contributed by atoms with E-state index >= 15 is 0 Å². The molecule has 0 aliphatic rings. The normalized spacial score (nSPS) is 10.4. The van der Waals surface area contributed by atoms with Crippen molar-refractivity contribution in [3.05, 3.63) is 71.0 Å². The lowest BCUT2D eigenvalue weighted by atomic mass is 10.2. The molecule has 122 valence electrons. The number of nitrogens with zero attached hydrogens (tertiary/aromatic N) is 3. The Morgan fingerprint density at radius 3 is 2.46 bits per heavy atom. The van der Waals surface area contributed by atoms with Gasteiger partial charge in [-0.05, 0) is 29.8 Å². The highest BCUT2D eigenvalue weighted by Gasteiger charge is 2.14. The molecule has 2 aromatic carbocycles. The summed E-state index contributed by atoms with van der Waals surface area (Å²) in [6, 6.07) is 17.6. The third kappa shape index (κ3) is 3.83. The van der Waals surface area contributed by atoms with E-state index in [4.69, 9.17) is 10.5 Å². The van der Waals surface area contributed by atoms with Gasteiger partial charge in [-0.1, -0.05) is 46.3 Å². The number of halogens is 1. The Morgan fingerprint density at radius 2 is 1.75 bits per heavy atom. The lowest BCUT2D eigenvalue weighted by Gasteiger charge is -2.20. The number of rotatable bonds is 5. The second-order valence-corrected chi connectivity index (χ2v) is 6.23. The summed E-state index contributed by atoms with van der Waals surface area (Å²) >= 11 is 3.39. The predicted octanol–water partition coefficient (Wildman–Crippen LogP) is 4.25. The highest BCUT2D eigenvalue weighted by atomic mass is 79.9. The Labute approximate surface area is 149 Å². The summed E-state index contributed by atoms with van der Waals surface area (Å²) in [6.45, 7) is 0.694. The van der Waals surface area contributed by atoms with Crippen molar-refractivity contribution in [2.75, 3.05) is 17.7 Å². The molecule has 3 rings (SSSR count). The van der Waals surface area contributed by atoms with Crippen molar-refractivity contribution >= 4 is 27.4 Å². The van der Waals surface area contributed by atoms with Gasteiger partial charge >= 0.3 is 0 Å². The molecule has 0 fully saturated rings. The molecule has 0 amide bonds. The van der Waals surface area contributed by atoms with Crippen LogP contribution in [0.5, 0.6) is 11.6 Å². The second kappa shape index (κ2) is 7.31. The van der Waals surface area contributed by atoms with E-state index in [1.165, 1.54) is 11.9 Å². The summed E-state index contributed by atoms with van der Waals surface area (Å²) in [5.41, 5.74) is 7.80. The van der Waals surface area contributed by atoms with Crippen LogP contribution in [0.4, 0.5) is 11.5 Å². The number of nitrogens with two attached hydrogens (primary N) is 1. The Balaban J connectivity index is 1.81. The molecule has 1 aromatic heterocycles. The number of hydrogen-bond acceptors (Lipinski definition) is 5. The van der Waals surface area contributed by atoms with E-state index < -0.39 is 0 Å². The van der Waals surface area contributed by atoms with Gasteiger partial charge in [-0.3, -0.25) is 0 Å². The van der Waals surface area contributed by atoms with Gasteiger partial charge in [0.15, 0.2) is 5.82 Å².